The quantitative estimate of drug-likeness (QED) is 0.358. The molecule has 2 rings (SSSR count). The van der Waals surface area contributed by atoms with E-state index < -0.39 is 4.92 Å². The molecule has 0 saturated heterocycles. The minimum Gasteiger partial charge on any atom is -0.292 e. The Kier molecular flexibility index (Phi) is 3.38. The van der Waals surface area contributed by atoms with E-state index in [-0.39, 0.29) is 23.1 Å². The highest BCUT2D eigenvalue weighted by Crippen LogP contribution is 2.24. The van der Waals surface area contributed by atoms with Crippen LogP contribution in [0.25, 0.3) is 5.82 Å². The van der Waals surface area contributed by atoms with Gasteiger partial charge in [0.05, 0.1) is 14.7 Å². The number of hydrogen-bond acceptors (Lipinski definition) is 7. The lowest BCUT2D eigenvalue weighted by Crippen LogP contribution is -2.15. The number of rotatable bonds is 3. The van der Waals surface area contributed by atoms with Crippen LogP contribution in [0.2, 0.25) is 0 Å². The van der Waals surface area contributed by atoms with E-state index in [1.165, 1.54) is 11.6 Å². The summed E-state index contributed by atoms with van der Waals surface area (Å²) in [5, 5.41) is 15.0. The van der Waals surface area contributed by atoms with Gasteiger partial charge in [-0.3, -0.25) is 15.5 Å². The lowest BCUT2D eigenvalue weighted by molar-refractivity contribution is -0.385. The van der Waals surface area contributed by atoms with Crippen LogP contribution in [-0.4, -0.2) is 24.7 Å². The van der Waals surface area contributed by atoms with Crippen molar-refractivity contribution in [1.29, 1.82) is 0 Å². The second-order valence-corrected chi connectivity index (χ2v) is 4.56. The average molecular weight is 361 g/mol. The average Bonchev–Trinajstić information content (AvgIpc) is 2.74. The first-order chi connectivity index (χ1) is 8.52. The minimum absolute atomic E-state index is 0.0726. The SMILES string of the molecule is Cc1nc(NN)nc(-n2cc(I)cn2)c1[N+](=O)[O-]. The summed E-state index contributed by atoms with van der Waals surface area (Å²) in [4.78, 5) is 18.4. The molecule has 0 amide bonds. The van der Waals surface area contributed by atoms with Crippen molar-refractivity contribution in [3.05, 3.63) is 31.8 Å². The summed E-state index contributed by atoms with van der Waals surface area (Å²) in [5.74, 6) is 5.39. The van der Waals surface area contributed by atoms with Gasteiger partial charge in [-0.15, -0.1) is 0 Å². The fourth-order valence-electron chi connectivity index (χ4n) is 1.41. The van der Waals surface area contributed by atoms with Crippen LogP contribution >= 0.6 is 22.6 Å². The molecule has 0 saturated carbocycles. The van der Waals surface area contributed by atoms with Crippen LogP contribution in [0.5, 0.6) is 0 Å². The molecule has 0 fully saturated rings. The lowest BCUT2D eigenvalue weighted by Gasteiger charge is -2.06. The molecule has 0 bridgehead atoms. The summed E-state index contributed by atoms with van der Waals surface area (Å²) in [6, 6.07) is 0. The smallest absolute Gasteiger partial charge is 0.292 e. The van der Waals surface area contributed by atoms with Crippen molar-refractivity contribution in [2.24, 2.45) is 5.84 Å². The molecule has 10 heteroatoms. The van der Waals surface area contributed by atoms with Crippen molar-refractivity contribution in [3.8, 4) is 5.82 Å². The minimum atomic E-state index is -0.542. The summed E-state index contributed by atoms with van der Waals surface area (Å²) in [6.45, 7) is 1.51. The number of halogens is 1. The van der Waals surface area contributed by atoms with Crippen LogP contribution in [0.3, 0.4) is 0 Å². The van der Waals surface area contributed by atoms with Gasteiger partial charge in [-0.2, -0.15) is 10.1 Å². The van der Waals surface area contributed by atoms with Gasteiger partial charge in [0.1, 0.15) is 5.69 Å². The van der Waals surface area contributed by atoms with Gasteiger partial charge in [0.25, 0.3) is 0 Å². The van der Waals surface area contributed by atoms with Gasteiger partial charge in [0.2, 0.25) is 11.8 Å². The monoisotopic (exact) mass is 361 g/mol. The van der Waals surface area contributed by atoms with Crippen molar-refractivity contribution in [2.45, 2.75) is 6.92 Å². The number of aryl methyl sites for hydroxylation is 1. The van der Waals surface area contributed by atoms with E-state index in [2.05, 4.69) is 20.5 Å². The van der Waals surface area contributed by atoms with Crippen molar-refractivity contribution in [1.82, 2.24) is 19.7 Å². The van der Waals surface area contributed by atoms with Crippen LogP contribution in [0, 0.1) is 20.6 Å². The third-order valence-corrected chi connectivity index (χ3v) is 2.68. The van der Waals surface area contributed by atoms with E-state index in [9.17, 15) is 10.1 Å². The number of nitrogens with one attached hydrogen (secondary N) is 1. The molecule has 0 unspecified atom stereocenters. The molecule has 0 aromatic carbocycles. The molecule has 9 nitrogen and oxygen atoms in total. The number of hydrazine groups is 1. The largest absolute Gasteiger partial charge is 0.334 e. The lowest BCUT2D eigenvalue weighted by atomic mass is 10.3. The summed E-state index contributed by atoms with van der Waals surface area (Å²) in [6.07, 6.45) is 3.19. The third kappa shape index (κ3) is 2.24. The first-order valence-corrected chi connectivity index (χ1v) is 5.81. The van der Waals surface area contributed by atoms with Gasteiger partial charge in [0, 0.05) is 6.20 Å². The van der Waals surface area contributed by atoms with Crippen LogP contribution in [0.4, 0.5) is 11.6 Å². The number of nitrogens with zero attached hydrogens (tertiary/aromatic N) is 5. The maximum Gasteiger partial charge on any atom is 0.334 e. The Morgan fingerprint density at radius 3 is 2.78 bits per heavy atom. The maximum atomic E-state index is 11.1. The fourth-order valence-corrected chi connectivity index (χ4v) is 1.79. The Balaban J connectivity index is 2.70. The zero-order chi connectivity index (χ0) is 13.3. The van der Waals surface area contributed by atoms with Gasteiger partial charge in [0.15, 0.2) is 0 Å². The highest BCUT2D eigenvalue weighted by Gasteiger charge is 2.23. The number of nitrogens with two attached hydrogens (primary N) is 1. The van der Waals surface area contributed by atoms with Crippen LogP contribution < -0.4 is 11.3 Å². The summed E-state index contributed by atoms with van der Waals surface area (Å²) in [5.41, 5.74) is 2.27. The van der Waals surface area contributed by atoms with Gasteiger partial charge in [-0.1, -0.05) is 0 Å². The molecular weight excluding hydrogens is 353 g/mol. The molecule has 0 spiro atoms. The maximum absolute atomic E-state index is 11.1. The summed E-state index contributed by atoms with van der Waals surface area (Å²) < 4.78 is 2.15. The number of nitrogen functional groups attached to an aromatic ring is 1. The predicted molar refractivity (Wildman–Crippen MR) is 71.1 cm³/mol. The first-order valence-electron chi connectivity index (χ1n) is 4.73. The number of hydrogen-bond donors (Lipinski definition) is 2. The number of anilines is 1. The highest BCUT2D eigenvalue weighted by atomic mass is 127. The van der Waals surface area contributed by atoms with E-state index in [1.807, 2.05) is 22.6 Å². The Labute approximate surface area is 115 Å². The Bertz CT molecular complexity index is 611. The standard InChI is InChI=1S/C8H8IN7O2/c1-4-6(16(17)18)7(13-8(12-4)14-10)15-3-5(9)2-11-15/h2-3H,10H2,1H3,(H,12,13,14). The van der Waals surface area contributed by atoms with E-state index in [0.717, 1.165) is 3.57 Å². The van der Waals surface area contributed by atoms with Crippen LogP contribution in [-0.2, 0) is 0 Å². The van der Waals surface area contributed by atoms with Crippen LogP contribution in [0.15, 0.2) is 12.4 Å². The summed E-state index contributed by atoms with van der Waals surface area (Å²) >= 11 is 2.05. The molecule has 2 aromatic rings. The van der Waals surface area contributed by atoms with E-state index in [0.29, 0.717) is 0 Å². The second-order valence-electron chi connectivity index (χ2n) is 3.31. The predicted octanol–water partition coefficient (Wildman–Crippen LogP) is 0.769. The molecule has 18 heavy (non-hydrogen) atoms. The third-order valence-electron chi connectivity index (χ3n) is 2.12. The molecule has 0 radical (unpaired) electrons. The molecule has 94 valence electrons. The molecule has 2 heterocycles. The zero-order valence-corrected chi connectivity index (χ0v) is 11.3. The van der Waals surface area contributed by atoms with Crippen molar-refractivity contribution in [3.63, 3.8) is 0 Å². The molecule has 2 aromatic heterocycles. The molecule has 0 aliphatic heterocycles. The van der Waals surface area contributed by atoms with Crippen LogP contribution in [0.1, 0.15) is 5.69 Å². The van der Waals surface area contributed by atoms with E-state index in [4.69, 9.17) is 5.84 Å². The number of aromatic nitrogens is 4. The molecule has 0 atom stereocenters. The Morgan fingerprint density at radius 2 is 2.28 bits per heavy atom. The molecule has 0 aliphatic rings. The second kappa shape index (κ2) is 4.81. The van der Waals surface area contributed by atoms with Crippen molar-refractivity contribution in [2.75, 3.05) is 5.43 Å². The fraction of sp³-hybridized carbons (Fsp3) is 0.125. The van der Waals surface area contributed by atoms with E-state index >= 15 is 0 Å². The Morgan fingerprint density at radius 1 is 1.56 bits per heavy atom. The Hall–Kier alpha value is -1.82. The normalized spacial score (nSPS) is 10.4. The van der Waals surface area contributed by atoms with Gasteiger partial charge < -0.3 is 0 Å². The zero-order valence-electron chi connectivity index (χ0n) is 9.16. The molecule has 3 N–H and O–H groups in total. The van der Waals surface area contributed by atoms with Crippen molar-refractivity contribution < 1.29 is 4.92 Å². The first kappa shape index (κ1) is 12.6. The number of nitro groups is 1. The van der Waals surface area contributed by atoms with Gasteiger partial charge >= 0.3 is 5.69 Å². The highest BCUT2D eigenvalue weighted by molar-refractivity contribution is 14.1. The van der Waals surface area contributed by atoms with E-state index in [1.54, 1.807) is 12.4 Å². The molecule has 0 aliphatic carbocycles. The van der Waals surface area contributed by atoms with Crippen molar-refractivity contribution >= 4 is 34.2 Å². The summed E-state index contributed by atoms with van der Waals surface area (Å²) in [7, 11) is 0. The van der Waals surface area contributed by atoms with Gasteiger partial charge in [-0.05, 0) is 29.5 Å². The molecular formula is C8H8IN7O2. The topological polar surface area (TPSA) is 125 Å². The van der Waals surface area contributed by atoms with Gasteiger partial charge in [-0.25, -0.2) is 15.5 Å².